The standard InChI is InChI=1S/C14H21N3/c15-14(7-8-14)6-5-12-4-3-9-16-13(12)17-10-1-2-11-17/h3-4,9H,1-2,5-8,10-11,15H2. The minimum atomic E-state index is 0.151. The number of rotatable bonds is 4. The molecular weight excluding hydrogens is 210 g/mol. The van der Waals surface area contributed by atoms with Crippen molar-refractivity contribution in [2.75, 3.05) is 18.0 Å². The van der Waals surface area contributed by atoms with E-state index in [9.17, 15) is 0 Å². The van der Waals surface area contributed by atoms with E-state index in [1.54, 1.807) is 0 Å². The van der Waals surface area contributed by atoms with E-state index in [4.69, 9.17) is 5.73 Å². The molecule has 0 amide bonds. The molecule has 2 N–H and O–H groups in total. The Kier molecular flexibility index (Phi) is 2.79. The Labute approximate surface area is 103 Å². The van der Waals surface area contributed by atoms with Crippen molar-refractivity contribution in [2.45, 2.75) is 44.1 Å². The molecule has 0 unspecified atom stereocenters. The zero-order valence-corrected chi connectivity index (χ0v) is 10.4. The molecule has 1 aromatic heterocycles. The first-order chi connectivity index (χ1) is 8.27. The zero-order chi connectivity index (χ0) is 11.7. The van der Waals surface area contributed by atoms with Gasteiger partial charge in [0.15, 0.2) is 0 Å². The minimum absolute atomic E-state index is 0.151. The average Bonchev–Trinajstić information content (AvgIpc) is 2.88. The van der Waals surface area contributed by atoms with Gasteiger partial charge in [0.05, 0.1) is 0 Å². The van der Waals surface area contributed by atoms with Crippen molar-refractivity contribution in [3.63, 3.8) is 0 Å². The van der Waals surface area contributed by atoms with Gasteiger partial charge in [-0.05, 0) is 50.2 Å². The molecule has 17 heavy (non-hydrogen) atoms. The molecule has 1 saturated heterocycles. The van der Waals surface area contributed by atoms with Gasteiger partial charge in [-0.25, -0.2) is 4.98 Å². The lowest BCUT2D eigenvalue weighted by Crippen LogP contribution is -2.24. The van der Waals surface area contributed by atoms with Crippen LogP contribution in [0.2, 0.25) is 0 Å². The monoisotopic (exact) mass is 231 g/mol. The van der Waals surface area contributed by atoms with Gasteiger partial charge in [0.1, 0.15) is 5.82 Å². The highest BCUT2D eigenvalue weighted by molar-refractivity contribution is 5.47. The Morgan fingerprint density at radius 3 is 2.76 bits per heavy atom. The highest BCUT2D eigenvalue weighted by atomic mass is 15.2. The van der Waals surface area contributed by atoms with Gasteiger partial charge >= 0.3 is 0 Å². The Morgan fingerprint density at radius 2 is 2.06 bits per heavy atom. The Bertz CT molecular complexity index is 392. The molecule has 92 valence electrons. The summed E-state index contributed by atoms with van der Waals surface area (Å²) in [5.41, 5.74) is 7.70. The van der Waals surface area contributed by atoms with Crippen LogP contribution in [0.4, 0.5) is 5.82 Å². The van der Waals surface area contributed by atoms with Crippen molar-refractivity contribution in [1.29, 1.82) is 0 Å². The smallest absolute Gasteiger partial charge is 0.131 e. The SMILES string of the molecule is NC1(CCc2cccnc2N2CCCC2)CC1. The molecule has 1 aromatic rings. The number of aromatic nitrogens is 1. The summed E-state index contributed by atoms with van der Waals surface area (Å²) in [6.45, 7) is 2.33. The highest BCUT2D eigenvalue weighted by Gasteiger charge is 2.37. The van der Waals surface area contributed by atoms with Crippen LogP contribution >= 0.6 is 0 Å². The van der Waals surface area contributed by atoms with Crippen LogP contribution in [0, 0.1) is 0 Å². The normalized spacial score (nSPS) is 21.8. The molecule has 0 radical (unpaired) electrons. The number of pyridine rings is 1. The lowest BCUT2D eigenvalue weighted by molar-refractivity contribution is 0.608. The molecule has 1 aliphatic carbocycles. The predicted octanol–water partition coefficient (Wildman–Crippen LogP) is 2.11. The van der Waals surface area contributed by atoms with Crippen molar-refractivity contribution < 1.29 is 0 Å². The quantitative estimate of drug-likeness (QED) is 0.863. The van der Waals surface area contributed by atoms with Gasteiger partial charge in [-0.2, -0.15) is 0 Å². The van der Waals surface area contributed by atoms with Crippen LogP contribution in [0.5, 0.6) is 0 Å². The maximum absolute atomic E-state index is 6.16. The third-order valence-electron chi connectivity index (χ3n) is 4.06. The van der Waals surface area contributed by atoms with Gasteiger partial charge in [0.25, 0.3) is 0 Å². The Balaban J connectivity index is 1.73. The summed E-state index contributed by atoms with van der Waals surface area (Å²) in [4.78, 5) is 6.99. The first-order valence-electron chi connectivity index (χ1n) is 6.75. The molecule has 0 bridgehead atoms. The van der Waals surface area contributed by atoms with Crippen LogP contribution < -0.4 is 10.6 Å². The van der Waals surface area contributed by atoms with E-state index in [-0.39, 0.29) is 5.54 Å². The summed E-state index contributed by atoms with van der Waals surface area (Å²) >= 11 is 0. The average molecular weight is 231 g/mol. The second-order valence-electron chi connectivity index (χ2n) is 5.54. The molecule has 1 saturated carbocycles. The van der Waals surface area contributed by atoms with Crippen molar-refractivity contribution in [3.8, 4) is 0 Å². The van der Waals surface area contributed by atoms with E-state index in [0.717, 1.165) is 25.9 Å². The fraction of sp³-hybridized carbons (Fsp3) is 0.643. The van der Waals surface area contributed by atoms with E-state index in [1.807, 2.05) is 12.3 Å². The molecule has 2 heterocycles. The van der Waals surface area contributed by atoms with Crippen LogP contribution in [0.1, 0.15) is 37.7 Å². The highest BCUT2D eigenvalue weighted by Crippen LogP contribution is 2.37. The van der Waals surface area contributed by atoms with Gasteiger partial charge < -0.3 is 10.6 Å². The Hall–Kier alpha value is -1.09. The summed E-state index contributed by atoms with van der Waals surface area (Å²) in [5, 5.41) is 0. The van der Waals surface area contributed by atoms with Crippen molar-refractivity contribution >= 4 is 5.82 Å². The van der Waals surface area contributed by atoms with Gasteiger partial charge in [-0.15, -0.1) is 0 Å². The number of anilines is 1. The number of hydrogen-bond acceptors (Lipinski definition) is 3. The summed E-state index contributed by atoms with van der Waals surface area (Å²) in [7, 11) is 0. The lowest BCUT2D eigenvalue weighted by Gasteiger charge is -2.20. The molecule has 3 rings (SSSR count). The van der Waals surface area contributed by atoms with Gasteiger partial charge in [-0.3, -0.25) is 0 Å². The molecule has 0 atom stereocenters. The molecule has 0 spiro atoms. The molecule has 1 aliphatic heterocycles. The molecule has 2 fully saturated rings. The maximum atomic E-state index is 6.16. The van der Waals surface area contributed by atoms with E-state index in [1.165, 1.54) is 37.1 Å². The third-order valence-corrected chi connectivity index (χ3v) is 4.06. The van der Waals surface area contributed by atoms with Crippen LogP contribution in [-0.4, -0.2) is 23.6 Å². The van der Waals surface area contributed by atoms with E-state index >= 15 is 0 Å². The van der Waals surface area contributed by atoms with E-state index in [0.29, 0.717) is 0 Å². The predicted molar refractivity (Wildman–Crippen MR) is 70.2 cm³/mol. The van der Waals surface area contributed by atoms with Gasteiger partial charge in [-0.1, -0.05) is 6.07 Å². The number of nitrogens with two attached hydrogens (primary N) is 1. The Morgan fingerprint density at radius 1 is 1.29 bits per heavy atom. The topological polar surface area (TPSA) is 42.1 Å². The van der Waals surface area contributed by atoms with Gasteiger partial charge in [0.2, 0.25) is 0 Å². The summed E-state index contributed by atoms with van der Waals surface area (Å²) in [6, 6.07) is 4.26. The zero-order valence-electron chi connectivity index (χ0n) is 10.4. The number of nitrogens with zero attached hydrogens (tertiary/aromatic N) is 2. The molecule has 3 nitrogen and oxygen atoms in total. The molecular formula is C14H21N3. The van der Waals surface area contributed by atoms with E-state index in [2.05, 4.69) is 16.0 Å². The fourth-order valence-electron chi connectivity index (χ4n) is 2.63. The van der Waals surface area contributed by atoms with Gasteiger partial charge in [0, 0.05) is 24.8 Å². The molecule has 3 heteroatoms. The second-order valence-corrected chi connectivity index (χ2v) is 5.54. The number of aryl methyl sites for hydroxylation is 1. The lowest BCUT2D eigenvalue weighted by atomic mass is 10.0. The van der Waals surface area contributed by atoms with Crippen molar-refractivity contribution in [2.24, 2.45) is 5.73 Å². The van der Waals surface area contributed by atoms with Crippen LogP contribution in [0.25, 0.3) is 0 Å². The summed E-state index contributed by atoms with van der Waals surface area (Å²) in [5.74, 6) is 1.20. The summed E-state index contributed by atoms with van der Waals surface area (Å²) in [6.07, 6.45) is 9.11. The van der Waals surface area contributed by atoms with Crippen LogP contribution in [0.15, 0.2) is 18.3 Å². The molecule has 0 aromatic carbocycles. The second kappa shape index (κ2) is 4.30. The fourth-order valence-corrected chi connectivity index (χ4v) is 2.63. The van der Waals surface area contributed by atoms with Crippen molar-refractivity contribution in [1.82, 2.24) is 4.98 Å². The largest absolute Gasteiger partial charge is 0.356 e. The third kappa shape index (κ3) is 2.44. The first-order valence-corrected chi connectivity index (χ1v) is 6.75. The summed E-state index contributed by atoms with van der Waals surface area (Å²) < 4.78 is 0. The van der Waals surface area contributed by atoms with Crippen molar-refractivity contribution in [3.05, 3.63) is 23.9 Å². The first kappa shape index (κ1) is 11.0. The molecule has 2 aliphatic rings. The van der Waals surface area contributed by atoms with E-state index < -0.39 is 0 Å². The van der Waals surface area contributed by atoms with Crippen LogP contribution in [-0.2, 0) is 6.42 Å². The number of hydrogen-bond donors (Lipinski definition) is 1. The maximum Gasteiger partial charge on any atom is 0.131 e. The minimum Gasteiger partial charge on any atom is -0.356 e. The van der Waals surface area contributed by atoms with Crippen LogP contribution in [0.3, 0.4) is 0 Å².